The van der Waals surface area contributed by atoms with E-state index in [1.165, 1.54) is 18.4 Å². The molecule has 8 heteroatoms. The van der Waals surface area contributed by atoms with Crippen molar-refractivity contribution in [1.82, 2.24) is 15.1 Å². The zero-order valence-electron chi connectivity index (χ0n) is 12.9. The zero-order chi connectivity index (χ0) is 16.3. The summed E-state index contributed by atoms with van der Waals surface area (Å²) in [5.74, 6) is -0.377. The van der Waals surface area contributed by atoms with Crippen LogP contribution in [-0.2, 0) is 18.3 Å². The first-order chi connectivity index (χ1) is 10.4. The SMILES string of the molecule is COC(=O)c1cc(C)sc1NC(=S)NCc1cn(C)nc1C. The van der Waals surface area contributed by atoms with Gasteiger partial charge in [0.2, 0.25) is 0 Å². The van der Waals surface area contributed by atoms with Gasteiger partial charge in [-0.3, -0.25) is 4.68 Å². The molecule has 0 saturated heterocycles. The molecule has 22 heavy (non-hydrogen) atoms. The minimum absolute atomic E-state index is 0.377. The van der Waals surface area contributed by atoms with Gasteiger partial charge in [-0.25, -0.2) is 4.79 Å². The van der Waals surface area contributed by atoms with E-state index in [1.807, 2.05) is 27.1 Å². The van der Waals surface area contributed by atoms with Gasteiger partial charge >= 0.3 is 5.97 Å². The van der Waals surface area contributed by atoms with Crippen molar-refractivity contribution >= 4 is 39.6 Å². The highest BCUT2D eigenvalue weighted by atomic mass is 32.1. The fraction of sp³-hybridized carbons (Fsp3) is 0.357. The summed E-state index contributed by atoms with van der Waals surface area (Å²) in [6, 6.07) is 1.78. The topological polar surface area (TPSA) is 68.2 Å². The van der Waals surface area contributed by atoms with E-state index in [1.54, 1.807) is 10.7 Å². The van der Waals surface area contributed by atoms with Crippen LogP contribution in [0.1, 0.15) is 26.5 Å². The maximum atomic E-state index is 11.7. The van der Waals surface area contributed by atoms with Crippen molar-refractivity contribution in [1.29, 1.82) is 0 Å². The van der Waals surface area contributed by atoms with Gasteiger partial charge in [0.25, 0.3) is 0 Å². The molecule has 0 atom stereocenters. The lowest BCUT2D eigenvalue weighted by Gasteiger charge is -2.09. The van der Waals surface area contributed by atoms with Crippen LogP contribution in [0.5, 0.6) is 0 Å². The number of nitrogens with one attached hydrogen (secondary N) is 2. The number of anilines is 1. The molecule has 0 aliphatic heterocycles. The lowest BCUT2D eigenvalue weighted by atomic mass is 10.3. The average Bonchev–Trinajstić information content (AvgIpc) is 2.98. The number of thiocarbonyl (C=S) groups is 1. The number of nitrogens with zero attached hydrogens (tertiary/aromatic N) is 2. The van der Waals surface area contributed by atoms with Gasteiger partial charge in [0, 0.05) is 30.2 Å². The molecule has 0 aromatic carbocycles. The molecular formula is C14H18N4O2S2. The minimum atomic E-state index is -0.377. The highest BCUT2D eigenvalue weighted by Crippen LogP contribution is 2.28. The standard InChI is InChI=1S/C14H18N4O2S2/c1-8-5-11(13(19)20-4)12(22-8)16-14(21)15-6-10-7-18(3)17-9(10)2/h5,7H,6H2,1-4H3,(H2,15,16,21). The second-order valence-electron chi connectivity index (χ2n) is 4.81. The van der Waals surface area contributed by atoms with Crippen LogP contribution in [0.4, 0.5) is 5.00 Å². The van der Waals surface area contributed by atoms with E-state index in [2.05, 4.69) is 15.7 Å². The highest BCUT2D eigenvalue weighted by Gasteiger charge is 2.16. The summed E-state index contributed by atoms with van der Waals surface area (Å²) in [7, 11) is 3.24. The van der Waals surface area contributed by atoms with Crippen molar-refractivity contribution in [3.05, 3.63) is 34.0 Å². The normalized spacial score (nSPS) is 10.4. The molecule has 2 N–H and O–H groups in total. The third-order valence-electron chi connectivity index (χ3n) is 3.04. The summed E-state index contributed by atoms with van der Waals surface area (Å²) in [4.78, 5) is 12.7. The summed E-state index contributed by atoms with van der Waals surface area (Å²) < 4.78 is 6.54. The van der Waals surface area contributed by atoms with Gasteiger partial charge in [0.15, 0.2) is 5.11 Å². The van der Waals surface area contributed by atoms with Crippen molar-refractivity contribution in [3.8, 4) is 0 Å². The smallest absolute Gasteiger partial charge is 0.340 e. The van der Waals surface area contributed by atoms with E-state index in [-0.39, 0.29) is 5.97 Å². The number of aromatic nitrogens is 2. The molecule has 0 radical (unpaired) electrons. The maximum Gasteiger partial charge on any atom is 0.340 e. The molecule has 0 unspecified atom stereocenters. The molecule has 0 aliphatic carbocycles. The third kappa shape index (κ3) is 3.83. The van der Waals surface area contributed by atoms with Crippen LogP contribution in [-0.4, -0.2) is 28.0 Å². The van der Waals surface area contributed by atoms with Gasteiger partial charge in [0.05, 0.1) is 18.4 Å². The Kier molecular flexibility index (Phi) is 5.15. The number of hydrogen-bond acceptors (Lipinski definition) is 5. The first kappa shape index (κ1) is 16.4. The third-order valence-corrected chi connectivity index (χ3v) is 4.25. The molecule has 0 spiro atoms. The maximum absolute atomic E-state index is 11.7. The predicted molar refractivity (Wildman–Crippen MR) is 91.4 cm³/mol. The number of aryl methyl sites for hydroxylation is 3. The van der Waals surface area contributed by atoms with Crippen molar-refractivity contribution in [2.75, 3.05) is 12.4 Å². The summed E-state index contributed by atoms with van der Waals surface area (Å²) in [5, 5.41) is 11.6. The first-order valence-corrected chi connectivity index (χ1v) is 7.86. The molecule has 2 aromatic rings. The largest absolute Gasteiger partial charge is 0.465 e. The molecule has 0 saturated carbocycles. The minimum Gasteiger partial charge on any atom is -0.465 e. The lowest BCUT2D eigenvalue weighted by molar-refractivity contribution is 0.0602. The van der Waals surface area contributed by atoms with Gasteiger partial charge in [-0.1, -0.05) is 0 Å². The second kappa shape index (κ2) is 6.89. The molecule has 0 bridgehead atoms. The first-order valence-electron chi connectivity index (χ1n) is 6.63. The van der Waals surface area contributed by atoms with Crippen molar-refractivity contribution in [2.45, 2.75) is 20.4 Å². The quantitative estimate of drug-likeness (QED) is 0.659. The van der Waals surface area contributed by atoms with Crippen LogP contribution < -0.4 is 10.6 Å². The van der Waals surface area contributed by atoms with E-state index in [0.717, 1.165) is 16.1 Å². The van der Waals surface area contributed by atoms with Gasteiger partial charge in [0.1, 0.15) is 5.00 Å². The predicted octanol–water partition coefficient (Wildman–Crippen LogP) is 2.37. The van der Waals surface area contributed by atoms with E-state index in [0.29, 0.717) is 22.2 Å². The molecule has 118 valence electrons. The Hall–Kier alpha value is -1.93. The number of thiophene rings is 1. The molecule has 2 aromatic heterocycles. The van der Waals surface area contributed by atoms with Gasteiger partial charge < -0.3 is 15.4 Å². The number of carbonyl (C=O) groups is 1. The van der Waals surface area contributed by atoms with E-state index in [4.69, 9.17) is 17.0 Å². The van der Waals surface area contributed by atoms with Crippen LogP contribution in [0.25, 0.3) is 0 Å². The Morgan fingerprint density at radius 1 is 1.50 bits per heavy atom. The number of esters is 1. The van der Waals surface area contributed by atoms with E-state index < -0.39 is 0 Å². The Morgan fingerprint density at radius 2 is 2.23 bits per heavy atom. The number of ether oxygens (including phenoxy) is 1. The highest BCUT2D eigenvalue weighted by molar-refractivity contribution is 7.80. The number of methoxy groups -OCH3 is 1. The average molecular weight is 338 g/mol. The summed E-state index contributed by atoms with van der Waals surface area (Å²) in [5.41, 5.74) is 2.52. The van der Waals surface area contributed by atoms with Crippen molar-refractivity contribution in [3.63, 3.8) is 0 Å². The molecule has 0 aliphatic rings. The van der Waals surface area contributed by atoms with Crippen LogP contribution >= 0.6 is 23.6 Å². The molecular weight excluding hydrogens is 320 g/mol. The van der Waals surface area contributed by atoms with Gasteiger partial charge in [-0.15, -0.1) is 11.3 Å². The summed E-state index contributed by atoms with van der Waals surface area (Å²) in [6.45, 7) is 4.45. The number of rotatable bonds is 4. The fourth-order valence-corrected chi connectivity index (χ4v) is 3.16. The van der Waals surface area contributed by atoms with Crippen molar-refractivity contribution < 1.29 is 9.53 Å². The van der Waals surface area contributed by atoms with Crippen LogP contribution in [0.2, 0.25) is 0 Å². The molecule has 0 fully saturated rings. The lowest BCUT2D eigenvalue weighted by Crippen LogP contribution is -2.28. The molecule has 2 rings (SSSR count). The Labute approximate surface area is 138 Å². The summed E-state index contributed by atoms with van der Waals surface area (Å²) >= 11 is 6.74. The van der Waals surface area contributed by atoms with Gasteiger partial charge in [-0.2, -0.15) is 5.10 Å². The van der Waals surface area contributed by atoms with Crippen LogP contribution in [0.15, 0.2) is 12.3 Å². The summed E-state index contributed by atoms with van der Waals surface area (Å²) in [6.07, 6.45) is 1.94. The number of carbonyl (C=O) groups excluding carboxylic acids is 1. The van der Waals surface area contributed by atoms with Crippen LogP contribution in [0, 0.1) is 13.8 Å². The Balaban J connectivity index is 2.00. The van der Waals surface area contributed by atoms with Crippen molar-refractivity contribution in [2.24, 2.45) is 7.05 Å². The fourth-order valence-electron chi connectivity index (χ4n) is 2.01. The zero-order valence-corrected chi connectivity index (χ0v) is 14.5. The molecule has 2 heterocycles. The second-order valence-corrected chi connectivity index (χ2v) is 6.48. The van der Waals surface area contributed by atoms with E-state index in [9.17, 15) is 4.79 Å². The Bertz CT molecular complexity index is 706. The Morgan fingerprint density at radius 3 is 2.82 bits per heavy atom. The monoisotopic (exact) mass is 338 g/mol. The molecule has 0 amide bonds. The molecule has 6 nitrogen and oxygen atoms in total. The van der Waals surface area contributed by atoms with Gasteiger partial charge in [-0.05, 0) is 32.1 Å². The number of hydrogen-bond donors (Lipinski definition) is 2. The van der Waals surface area contributed by atoms with Crippen LogP contribution in [0.3, 0.4) is 0 Å². The van der Waals surface area contributed by atoms with E-state index >= 15 is 0 Å².